The zero-order valence-corrected chi connectivity index (χ0v) is 22.0. The summed E-state index contributed by atoms with van der Waals surface area (Å²) in [5.74, 6) is 2.64. The third-order valence-electron chi connectivity index (χ3n) is 6.40. The monoisotopic (exact) mass is 459 g/mol. The van der Waals surface area contributed by atoms with E-state index in [1.54, 1.807) is 17.1 Å². The van der Waals surface area contributed by atoms with Crippen LogP contribution in [0.4, 0.5) is 0 Å². The van der Waals surface area contributed by atoms with Crippen molar-refractivity contribution in [2.45, 2.75) is 93.1 Å². The van der Waals surface area contributed by atoms with Crippen molar-refractivity contribution in [3.63, 3.8) is 0 Å². The summed E-state index contributed by atoms with van der Waals surface area (Å²) in [6.07, 6.45) is 13.5. The Morgan fingerprint density at radius 3 is 2.07 bits per heavy atom. The van der Waals surface area contributed by atoms with Crippen molar-refractivity contribution in [3.8, 4) is 0 Å². The molecule has 0 saturated carbocycles. The molecule has 28 heavy (non-hydrogen) atoms. The quantitative estimate of drug-likeness (QED) is 0.252. The fourth-order valence-electron chi connectivity index (χ4n) is 4.41. The third kappa shape index (κ3) is 6.95. The Morgan fingerprint density at radius 1 is 0.929 bits per heavy atom. The summed E-state index contributed by atoms with van der Waals surface area (Å²) in [6.45, 7) is 18.8. The molecular weight excluding hydrogens is 420 g/mol. The van der Waals surface area contributed by atoms with Crippen molar-refractivity contribution in [2.24, 2.45) is 11.8 Å². The van der Waals surface area contributed by atoms with Crippen molar-refractivity contribution < 1.29 is 30.9 Å². The van der Waals surface area contributed by atoms with Crippen molar-refractivity contribution >= 4 is 0 Å². The second kappa shape index (κ2) is 11.3. The van der Waals surface area contributed by atoms with E-state index in [0.717, 1.165) is 6.61 Å². The van der Waals surface area contributed by atoms with Crippen LogP contribution in [0.3, 0.4) is 0 Å². The van der Waals surface area contributed by atoms with Crippen LogP contribution in [0.1, 0.15) is 87.5 Å². The molecular formula is C26H41OZr-. The van der Waals surface area contributed by atoms with Crippen LogP contribution in [-0.2, 0) is 30.9 Å². The Morgan fingerprint density at radius 2 is 1.50 bits per heavy atom. The van der Waals surface area contributed by atoms with Crippen LogP contribution >= 0.6 is 0 Å². The molecule has 2 aliphatic carbocycles. The molecule has 156 valence electrons. The first-order valence-electron chi connectivity index (χ1n) is 10.8. The molecule has 0 amide bonds. The molecule has 0 N–H and O–H groups in total. The minimum Gasteiger partial charge on any atom is -0.376 e. The minimum absolute atomic E-state index is 0. The topological polar surface area (TPSA) is 9.23 Å². The molecule has 0 heterocycles. The first-order chi connectivity index (χ1) is 12.6. The summed E-state index contributed by atoms with van der Waals surface area (Å²) in [7, 11) is 0. The second-order valence-electron chi connectivity index (χ2n) is 9.54. The van der Waals surface area contributed by atoms with Gasteiger partial charge in [0.2, 0.25) is 0 Å². The number of hydrogen-bond donors (Lipinski definition) is 0. The number of unbranched alkanes of at least 4 members (excludes halogenated alkanes) is 3. The number of ether oxygens (including phenoxy) is 1. The maximum atomic E-state index is 5.80. The molecule has 1 atom stereocenters. The van der Waals surface area contributed by atoms with Crippen LogP contribution < -0.4 is 0 Å². The van der Waals surface area contributed by atoms with Gasteiger partial charge >= 0.3 is 0 Å². The fraction of sp³-hybridized carbons (Fsp3) is 0.654. The first kappa shape index (κ1) is 25.8. The second-order valence-corrected chi connectivity index (χ2v) is 9.54. The molecule has 0 bridgehead atoms. The van der Waals surface area contributed by atoms with E-state index in [0.29, 0.717) is 11.8 Å². The molecule has 0 radical (unpaired) electrons. The summed E-state index contributed by atoms with van der Waals surface area (Å²) in [4.78, 5) is 0. The zero-order chi connectivity index (χ0) is 20.2. The van der Waals surface area contributed by atoms with Gasteiger partial charge in [-0.2, -0.15) is 6.92 Å². The van der Waals surface area contributed by atoms with E-state index in [9.17, 15) is 0 Å². The SMILES string of the molecule is CC1=C(C)C([C-](C)C2C=CC(CCCCCCOC(C)(C)C)=C2)C(C)=C1C.[Zr]. The van der Waals surface area contributed by atoms with Crippen molar-refractivity contribution in [1.29, 1.82) is 0 Å². The molecule has 0 spiro atoms. The molecule has 2 aliphatic rings. The van der Waals surface area contributed by atoms with E-state index < -0.39 is 0 Å². The summed E-state index contributed by atoms with van der Waals surface area (Å²) < 4.78 is 5.80. The van der Waals surface area contributed by atoms with Gasteiger partial charge in [0, 0.05) is 32.8 Å². The summed E-state index contributed by atoms with van der Waals surface area (Å²) >= 11 is 0. The van der Waals surface area contributed by atoms with Gasteiger partial charge < -0.3 is 4.74 Å². The number of allylic oxidation sites excluding steroid dienone is 8. The van der Waals surface area contributed by atoms with Gasteiger partial charge in [-0.05, 0) is 67.7 Å². The van der Waals surface area contributed by atoms with Crippen LogP contribution in [0.2, 0.25) is 0 Å². The van der Waals surface area contributed by atoms with Crippen LogP contribution in [0.5, 0.6) is 0 Å². The van der Waals surface area contributed by atoms with Gasteiger partial charge in [0.1, 0.15) is 0 Å². The molecule has 0 aromatic rings. The van der Waals surface area contributed by atoms with E-state index in [2.05, 4.69) is 73.6 Å². The average Bonchev–Trinajstić information content (AvgIpc) is 3.13. The van der Waals surface area contributed by atoms with Crippen LogP contribution in [-0.4, -0.2) is 12.2 Å². The maximum absolute atomic E-state index is 5.80. The molecule has 2 heteroatoms. The van der Waals surface area contributed by atoms with E-state index in [1.165, 1.54) is 48.8 Å². The Kier molecular flexibility index (Phi) is 10.4. The van der Waals surface area contributed by atoms with Gasteiger partial charge in [0.25, 0.3) is 0 Å². The largest absolute Gasteiger partial charge is 0.376 e. The van der Waals surface area contributed by atoms with Crippen molar-refractivity contribution in [2.75, 3.05) is 6.61 Å². The van der Waals surface area contributed by atoms with Crippen molar-refractivity contribution in [1.82, 2.24) is 0 Å². The standard InChI is InChI=1S/C26H41O.Zr/c1-18-19(2)21(4)25(20(18)3)22(5)24-15-14-23(17-24)13-11-9-10-12-16-27-26(6,7)8;/h14-15,17,24-25H,9-13,16H2,1-8H3;/q-1;. The maximum Gasteiger partial charge on any atom is 0.0598 e. The molecule has 0 aromatic carbocycles. The Labute approximate surface area is 193 Å². The number of hydrogen-bond acceptors (Lipinski definition) is 1. The Balaban J connectivity index is 0.00000392. The normalized spacial score (nSPS) is 20.5. The third-order valence-corrected chi connectivity index (χ3v) is 6.40. The summed E-state index contributed by atoms with van der Waals surface area (Å²) in [5, 5.41) is 0. The van der Waals surface area contributed by atoms with E-state index in [4.69, 9.17) is 4.74 Å². The predicted molar refractivity (Wildman–Crippen MR) is 119 cm³/mol. The van der Waals surface area contributed by atoms with Gasteiger partial charge in [-0.25, -0.2) is 0 Å². The molecule has 2 rings (SSSR count). The van der Waals surface area contributed by atoms with Crippen LogP contribution in [0.15, 0.2) is 46.1 Å². The Hall–Kier alpha value is -0.197. The molecule has 0 saturated heterocycles. The van der Waals surface area contributed by atoms with E-state index in [1.807, 2.05) is 0 Å². The molecule has 0 aliphatic heterocycles. The number of rotatable bonds is 9. The van der Waals surface area contributed by atoms with Gasteiger partial charge in [-0.1, -0.05) is 46.8 Å². The molecule has 1 unspecified atom stereocenters. The summed E-state index contributed by atoms with van der Waals surface area (Å²) in [6, 6.07) is 0. The van der Waals surface area contributed by atoms with Crippen molar-refractivity contribution in [3.05, 3.63) is 52.0 Å². The van der Waals surface area contributed by atoms with Crippen LogP contribution in [0, 0.1) is 17.8 Å². The summed E-state index contributed by atoms with van der Waals surface area (Å²) in [5.41, 5.74) is 7.63. The van der Waals surface area contributed by atoms with Gasteiger partial charge in [-0.15, -0.1) is 24.0 Å². The predicted octanol–water partition coefficient (Wildman–Crippen LogP) is 7.76. The average molecular weight is 461 g/mol. The smallest absolute Gasteiger partial charge is 0.0598 e. The van der Waals surface area contributed by atoms with E-state index in [-0.39, 0.29) is 31.8 Å². The molecule has 1 nitrogen and oxygen atoms in total. The van der Waals surface area contributed by atoms with Gasteiger partial charge in [0.05, 0.1) is 5.60 Å². The van der Waals surface area contributed by atoms with Crippen LogP contribution in [0.25, 0.3) is 0 Å². The Bertz CT molecular complexity index is 618. The molecule has 0 fully saturated rings. The molecule has 0 aromatic heterocycles. The zero-order valence-electron chi connectivity index (χ0n) is 19.5. The first-order valence-corrected chi connectivity index (χ1v) is 10.8. The van der Waals surface area contributed by atoms with E-state index >= 15 is 0 Å². The minimum atomic E-state index is 0. The van der Waals surface area contributed by atoms with Gasteiger partial charge in [-0.3, -0.25) is 5.92 Å². The fourth-order valence-corrected chi connectivity index (χ4v) is 4.41. The van der Waals surface area contributed by atoms with Gasteiger partial charge in [0.15, 0.2) is 0 Å².